The molecule has 1 N–H and O–H groups in total. The molecule has 1 amide bonds. The van der Waals surface area contributed by atoms with Gasteiger partial charge >= 0.3 is 0 Å². The van der Waals surface area contributed by atoms with Crippen molar-refractivity contribution in [3.63, 3.8) is 0 Å². The van der Waals surface area contributed by atoms with E-state index in [2.05, 4.69) is 10.2 Å². The lowest BCUT2D eigenvalue weighted by atomic mass is 10.1. The summed E-state index contributed by atoms with van der Waals surface area (Å²) in [6.07, 6.45) is 3.18. The Morgan fingerprint density at radius 2 is 1.68 bits per heavy atom. The molecule has 2 aromatic carbocycles. The molecule has 2 aliphatic heterocycles. The largest absolute Gasteiger partial charge is 0.379 e. The molecule has 7 nitrogen and oxygen atoms in total. The van der Waals surface area contributed by atoms with E-state index in [1.807, 2.05) is 0 Å². The smallest absolute Gasteiger partial charge is 0.258 e. The van der Waals surface area contributed by atoms with Crippen LogP contribution in [0.4, 0.5) is 15.8 Å². The Labute approximate surface area is 181 Å². The van der Waals surface area contributed by atoms with Crippen LogP contribution >= 0.6 is 0 Å². The van der Waals surface area contributed by atoms with Gasteiger partial charge in [0.2, 0.25) is 10.0 Å². The molecule has 4 rings (SSSR count). The minimum absolute atomic E-state index is 0.0893. The monoisotopic (exact) mass is 447 g/mol. The van der Waals surface area contributed by atoms with E-state index in [1.165, 1.54) is 28.6 Å². The van der Waals surface area contributed by atoms with Gasteiger partial charge in [0, 0.05) is 26.2 Å². The van der Waals surface area contributed by atoms with Gasteiger partial charge in [-0.25, -0.2) is 12.8 Å². The Kier molecular flexibility index (Phi) is 6.54. The molecular weight excluding hydrogens is 421 g/mol. The lowest BCUT2D eigenvalue weighted by Gasteiger charge is -2.31. The lowest BCUT2D eigenvalue weighted by Crippen LogP contribution is -2.40. The molecule has 0 bridgehead atoms. The summed E-state index contributed by atoms with van der Waals surface area (Å²) in [5, 5.41) is 2.75. The maximum Gasteiger partial charge on any atom is 0.258 e. The van der Waals surface area contributed by atoms with Gasteiger partial charge in [-0.2, -0.15) is 4.31 Å². The summed E-state index contributed by atoms with van der Waals surface area (Å²) in [5.41, 5.74) is 1.02. The highest BCUT2D eigenvalue weighted by Gasteiger charge is 2.28. The SMILES string of the molecule is O=C(Nc1cc(S(=O)(=O)N2CCOCC2)ccc1N1CCCCC1)c1ccccc1F. The second kappa shape index (κ2) is 9.33. The zero-order chi connectivity index (χ0) is 21.8. The fourth-order valence-corrected chi connectivity index (χ4v) is 5.39. The maximum atomic E-state index is 14.1. The molecule has 0 atom stereocenters. The molecule has 2 aromatic rings. The van der Waals surface area contributed by atoms with E-state index in [-0.39, 0.29) is 23.5 Å². The number of benzene rings is 2. The number of hydrogen-bond acceptors (Lipinski definition) is 5. The minimum Gasteiger partial charge on any atom is -0.379 e. The fourth-order valence-electron chi connectivity index (χ4n) is 3.96. The van der Waals surface area contributed by atoms with Crippen molar-refractivity contribution in [1.82, 2.24) is 4.31 Å². The van der Waals surface area contributed by atoms with Crippen molar-refractivity contribution >= 4 is 27.3 Å². The Morgan fingerprint density at radius 1 is 0.968 bits per heavy atom. The molecule has 2 fully saturated rings. The van der Waals surface area contributed by atoms with Crippen LogP contribution in [0, 0.1) is 5.82 Å². The van der Waals surface area contributed by atoms with Gasteiger partial charge in [0.05, 0.1) is 35.0 Å². The minimum atomic E-state index is -3.73. The summed E-state index contributed by atoms with van der Waals surface area (Å²) in [4.78, 5) is 15.0. The third-order valence-electron chi connectivity index (χ3n) is 5.64. The molecule has 0 saturated carbocycles. The number of piperidine rings is 1. The second-order valence-corrected chi connectivity index (χ2v) is 9.62. The van der Waals surface area contributed by atoms with E-state index in [0.29, 0.717) is 18.9 Å². The van der Waals surface area contributed by atoms with E-state index >= 15 is 0 Å². The van der Waals surface area contributed by atoms with Crippen molar-refractivity contribution < 1.29 is 22.3 Å². The molecule has 2 saturated heterocycles. The maximum absolute atomic E-state index is 14.1. The topological polar surface area (TPSA) is 79.0 Å². The van der Waals surface area contributed by atoms with Crippen molar-refractivity contribution in [2.24, 2.45) is 0 Å². The molecule has 0 aromatic heterocycles. The number of hydrogen-bond donors (Lipinski definition) is 1. The third kappa shape index (κ3) is 4.73. The number of rotatable bonds is 5. The number of nitrogens with one attached hydrogen (secondary N) is 1. The van der Waals surface area contributed by atoms with E-state index < -0.39 is 21.7 Å². The zero-order valence-electron chi connectivity index (χ0n) is 17.2. The van der Waals surface area contributed by atoms with Crippen molar-refractivity contribution in [2.75, 3.05) is 49.6 Å². The highest BCUT2D eigenvalue weighted by Crippen LogP contribution is 2.32. The molecule has 2 aliphatic rings. The molecule has 0 unspecified atom stereocenters. The fraction of sp³-hybridized carbons (Fsp3) is 0.409. The quantitative estimate of drug-likeness (QED) is 0.762. The number of ether oxygens (including phenoxy) is 1. The number of nitrogens with zero attached hydrogens (tertiary/aromatic N) is 2. The predicted octanol–water partition coefficient (Wildman–Crippen LogP) is 3.09. The first-order valence-electron chi connectivity index (χ1n) is 10.5. The molecule has 0 radical (unpaired) electrons. The van der Waals surface area contributed by atoms with Crippen LogP contribution in [0.2, 0.25) is 0 Å². The van der Waals surface area contributed by atoms with Gasteiger partial charge in [0.15, 0.2) is 0 Å². The highest BCUT2D eigenvalue weighted by molar-refractivity contribution is 7.89. The molecule has 166 valence electrons. The van der Waals surface area contributed by atoms with Crippen molar-refractivity contribution in [2.45, 2.75) is 24.2 Å². The first-order chi connectivity index (χ1) is 15.0. The van der Waals surface area contributed by atoms with Crippen molar-refractivity contribution in [3.05, 3.63) is 53.8 Å². The molecule has 0 spiro atoms. The number of carbonyl (C=O) groups is 1. The van der Waals surface area contributed by atoms with E-state index in [4.69, 9.17) is 4.74 Å². The standard InChI is InChI=1S/C22H26FN3O4S/c23-19-7-3-2-6-18(19)22(27)24-20-16-17(31(28,29)26-12-14-30-15-13-26)8-9-21(20)25-10-4-1-5-11-25/h2-3,6-9,16H,1,4-5,10-15H2,(H,24,27). The lowest BCUT2D eigenvalue weighted by molar-refractivity contribution is 0.0730. The van der Waals surface area contributed by atoms with Crippen molar-refractivity contribution in [3.8, 4) is 0 Å². The van der Waals surface area contributed by atoms with Crippen LogP contribution in [0.1, 0.15) is 29.6 Å². The molecule has 0 aliphatic carbocycles. The van der Waals surface area contributed by atoms with Crippen LogP contribution in [0.3, 0.4) is 0 Å². The van der Waals surface area contributed by atoms with Crippen molar-refractivity contribution in [1.29, 1.82) is 0 Å². The van der Waals surface area contributed by atoms with Gasteiger partial charge in [-0.05, 0) is 49.6 Å². The van der Waals surface area contributed by atoms with Crippen LogP contribution in [0.15, 0.2) is 47.4 Å². The van der Waals surface area contributed by atoms with E-state index in [9.17, 15) is 17.6 Å². The summed E-state index contributed by atoms with van der Waals surface area (Å²) < 4.78 is 47.0. The van der Waals surface area contributed by atoms with Gasteiger partial charge in [0.1, 0.15) is 5.82 Å². The number of morpholine rings is 1. The van der Waals surface area contributed by atoms with Crippen LogP contribution in [0.5, 0.6) is 0 Å². The number of anilines is 2. The van der Waals surface area contributed by atoms with E-state index in [1.54, 1.807) is 18.2 Å². The Hall–Kier alpha value is -2.49. The summed E-state index contributed by atoms with van der Waals surface area (Å²) in [5.74, 6) is -1.24. The molecule has 31 heavy (non-hydrogen) atoms. The summed E-state index contributed by atoms with van der Waals surface area (Å²) >= 11 is 0. The Balaban J connectivity index is 1.69. The average Bonchev–Trinajstić information content (AvgIpc) is 2.80. The molecule has 2 heterocycles. The van der Waals surface area contributed by atoms with Crippen LogP contribution < -0.4 is 10.2 Å². The first-order valence-corrected chi connectivity index (χ1v) is 11.9. The number of halogens is 1. The van der Waals surface area contributed by atoms with Gasteiger partial charge in [-0.1, -0.05) is 12.1 Å². The van der Waals surface area contributed by atoms with Gasteiger partial charge in [-0.15, -0.1) is 0 Å². The molecule has 9 heteroatoms. The predicted molar refractivity (Wildman–Crippen MR) is 116 cm³/mol. The van der Waals surface area contributed by atoms with Crippen LogP contribution in [-0.4, -0.2) is 58.0 Å². The molecular formula is C22H26FN3O4S. The van der Waals surface area contributed by atoms with E-state index in [0.717, 1.165) is 38.0 Å². The summed E-state index contributed by atoms with van der Waals surface area (Å²) in [6, 6.07) is 10.5. The Morgan fingerprint density at radius 3 is 2.39 bits per heavy atom. The van der Waals surface area contributed by atoms with Gasteiger partial charge in [-0.3, -0.25) is 4.79 Å². The summed E-state index contributed by atoms with van der Waals surface area (Å²) in [6.45, 7) is 2.90. The number of amides is 1. The number of carbonyl (C=O) groups excluding carboxylic acids is 1. The summed E-state index contributed by atoms with van der Waals surface area (Å²) in [7, 11) is -3.73. The van der Waals surface area contributed by atoms with Gasteiger partial charge in [0.25, 0.3) is 5.91 Å². The zero-order valence-corrected chi connectivity index (χ0v) is 18.0. The number of sulfonamides is 1. The third-order valence-corrected chi connectivity index (χ3v) is 7.53. The van der Waals surface area contributed by atoms with Crippen LogP contribution in [0.25, 0.3) is 0 Å². The Bertz CT molecular complexity index is 1050. The van der Waals surface area contributed by atoms with Crippen LogP contribution in [-0.2, 0) is 14.8 Å². The van der Waals surface area contributed by atoms with Gasteiger partial charge < -0.3 is 15.0 Å². The normalized spacial score (nSPS) is 18.0. The second-order valence-electron chi connectivity index (χ2n) is 7.68. The highest BCUT2D eigenvalue weighted by atomic mass is 32.2. The first kappa shape index (κ1) is 21.7. The average molecular weight is 448 g/mol.